The van der Waals surface area contributed by atoms with Crippen molar-refractivity contribution in [3.63, 3.8) is 0 Å². The quantitative estimate of drug-likeness (QED) is 0.0808. The maximum absolute atomic E-state index is 13.1. The number of ketones is 2. The number of fused-ring (bicyclic) bond motifs is 5. The Morgan fingerprint density at radius 1 is 0.935 bits per heavy atom. The van der Waals surface area contributed by atoms with Crippen LogP contribution in [0.1, 0.15) is 143 Å². The van der Waals surface area contributed by atoms with Gasteiger partial charge in [-0.15, -0.1) is 0 Å². The number of unbranched alkanes of at least 4 members (excludes halogenated alkanes) is 11. The van der Waals surface area contributed by atoms with E-state index in [4.69, 9.17) is 4.74 Å². The predicted molar refractivity (Wildman–Crippen MR) is 180 cm³/mol. The SMILES string of the molecule is CCCCCCCC/C=C/CCCCCCCC(=O)OC1=CC(=O)C=C2CC[C@@H]3[C@H]([C@@H](O)C[C@@]4(C)[C@H]3CC[C@]4(O)C(=O)CO)[C@]21C. The zero-order chi connectivity index (χ0) is 33.4. The molecule has 0 radical (unpaired) electrons. The van der Waals surface area contributed by atoms with Gasteiger partial charge in [-0.25, -0.2) is 0 Å². The number of carbonyl (C=O) groups excluding carboxylic acids is 3. The molecular weight excluding hydrogens is 580 g/mol. The van der Waals surface area contributed by atoms with E-state index >= 15 is 0 Å². The maximum Gasteiger partial charge on any atom is 0.310 e. The second kappa shape index (κ2) is 16.3. The molecule has 4 aliphatic rings. The average Bonchev–Trinajstić information content (AvgIpc) is 3.29. The second-order valence-electron chi connectivity index (χ2n) is 15.1. The Balaban J connectivity index is 1.26. The van der Waals surface area contributed by atoms with Crippen LogP contribution in [0, 0.1) is 28.6 Å². The lowest BCUT2D eigenvalue weighted by molar-refractivity contribution is -0.182. The molecule has 7 atom stereocenters. The van der Waals surface area contributed by atoms with Crippen LogP contribution < -0.4 is 0 Å². The zero-order valence-electron chi connectivity index (χ0n) is 28.7. The van der Waals surface area contributed by atoms with Crippen molar-refractivity contribution in [1.82, 2.24) is 0 Å². The normalized spacial score (nSPS) is 33.7. The van der Waals surface area contributed by atoms with Gasteiger partial charge in [-0.05, 0) is 89.0 Å². The van der Waals surface area contributed by atoms with Crippen molar-refractivity contribution < 1.29 is 34.4 Å². The lowest BCUT2D eigenvalue weighted by Crippen LogP contribution is -2.62. The van der Waals surface area contributed by atoms with Gasteiger partial charge in [0.05, 0.1) is 11.5 Å². The molecule has 3 saturated carbocycles. The summed E-state index contributed by atoms with van der Waals surface area (Å²) >= 11 is 0. The lowest BCUT2D eigenvalue weighted by atomic mass is 9.45. The summed E-state index contributed by atoms with van der Waals surface area (Å²) in [5.41, 5.74) is -2.47. The van der Waals surface area contributed by atoms with Gasteiger partial charge in [-0.2, -0.15) is 0 Å². The van der Waals surface area contributed by atoms with Gasteiger partial charge >= 0.3 is 5.97 Å². The number of esters is 1. The summed E-state index contributed by atoms with van der Waals surface area (Å²) in [6.07, 6.45) is 24.9. The second-order valence-corrected chi connectivity index (χ2v) is 15.1. The molecule has 7 nitrogen and oxygen atoms in total. The van der Waals surface area contributed by atoms with Crippen LogP contribution in [-0.2, 0) is 19.1 Å². The molecule has 3 fully saturated rings. The van der Waals surface area contributed by atoms with Gasteiger partial charge in [0.2, 0.25) is 0 Å². The molecule has 0 aliphatic heterocycles. The Labute approximate surface area is 276 Å². The number of Topliss-reactive ketones (excluding diaryl/α,β-unsaturated/α-hetero) is 1. The van der Waals surface area contributed by atoms with Gasteiger partial charge in [0.1, 0.15) is 18.0 Å². The molecule has 4 rings (SSSR count). The number of rotatable bonds is 18. The third-order valence-corrected chi connectivity index (χ3v) is 12.3. The summed E-state index contributed by atoms with van der Waals surface area (Å²) in [7, 11) is 0. The fourth-order valence-corrected chi connectivity index (χ4v) is 9.64. The van der Waals surface area contributed by atoms with E-state index in [1.165, 1.54) is 51.0 Å². The smallest absolute Gasteiger partial charge is 0.310 e. The van der Waals surface area contributed by atoms with Gasteiger partial charge < -0.3 is 20.1 Å². The van der Waals surface area contributed by atoms with Gasteiger partial charge in [-0.1, -0.05) is 82.9 Å². The molecule has 7 heteroatoms. The summed E-state index contributed by atoms with van der Waals surface area (Å²) in [5.74, 6) is -1.19. The van der Waals surface area contributed by atoms with Crippen LogP contribution in [0.15, 0.2) is 35.6 Å². The van der Waals surface area contributed by atoms with E-state index < -0.39 is 34.9 Å². The highest BCUT2D eigenvalue weighted by Gasteiger charge is 2.69. The standard InChI is InChI=1S/C39H60O7/c1-4-5-6-7-8-9-10-11-12-13-14-15-16-17-18-19-35(44)46-34-25-29(41)24-28-20-21-30-31-22-23-39(45,33(43)27-40)37(31,2)26-32(42)36(30)38(28,34)3/h11-12,24-25,30-32,36,40,42,45H,4-10,13-23,26-27H2,1-3H3/b12-11+/t30-,31-,32-,36+,37-,38+,39-/m0/s1. The van der Waals surface area contributed by atoms with Gasteiger partial charge in [0, 0.05) is 23.8 Å². The number of allylic oxidation sites excluding steroid dienone is 5. The Morgan fingerprint density at radius 2 is 1.57 bits per heavy atom. The number of ether oxygens (including phenoxy) is 1. The number of hydrogen-bond acceptors (Lipinski definition) is 7. The highest BCUT2D eigenvalue weighted by atomic mass is 16.5. The first-order chi connectivity index (χ1) is 22.0. The Morgan fingerprint density at radius 3 is 2.22 bits per heavy atom. The molecule has 0 unspecified atom stereocenters. The molecule has 0 amide bonds. The maximum atomic E-state index is 13.1. The summed E-state index contributed by atoms with van der Waals surface area (Å²) < 4.78 is 5.99. The number of hydrogen-bond donors (Lipinski definition) is 3. The van der Waals surface area contributed by atoms with Crippen molar-refractivity contribution in [1.29, 1.82) is 0 Å². The molecule has 46 heavy (non-hydrogen) atoms. The highest BCUT2D eigenvalue weighted by molar-refractivity contribution is 6.02. The van der Waals surface area contributed by atoms with Crippen LogP contribution in [0.5, 0.6) is 0 Å². The monoisotopic (exact) mass is 640 g/mol. The van der Waals surface area contributed by atoms with E-state index in [-0.39, 0.29) is 48.8 Å². The number of aliphatic hydroxyl groups excluding tert-OH is 2. The third kappa shape index (κ3) is 7.63. The van der Waals surface area contributed by atoms with Crippen molar-refractivity contribution >= 4 is 17.5 Å². The third-order valence-electron chi connectivity index (χ3n) is 12.3. The van der Waals surface area contributed by atoms with Crippen LogP contribution in [0.2, 0.25) is 0 Å². The molecule has 0 bridgehead atoms. The molecule has 3 N–H and O–H groups in total. The van der Waals surface area contributed by atoms with Crippen molar-refractivity contribution in [3.05, 3.63) is 35.6 Å². The largest absolute Gasteiger partial charge is 0.430 e. The Bertz CT molecular complexity index is 1170. The first-order valence-corrected chi connectivity index (χ1v) is 18.4. The average molecular weight is 641 g/mol. The first-order valence-electron chi connectivity index (χ1n) is 18.4. The fourth-order valence-electron chi connectivity index (χ4n) is 9.64. The zero-order valence-corrected chi connectivity index (χ0v) is 28.7. The Kier molecular flexibility index (Phi) is 13.1. The van der Waals surface area contributed by atoms with Gasteiger partial charge in [0.15, 0.2) is 11.6 Å². The molecule has 0 spiro atoms. The molecule has 0 aromatic carbocycles. The summed E-state index contributed by atoms with van der Waals surface area (Å²) in [5, 5.41) is 32.8. The van der Waals surface area contributed by atoms with Crippen molar-refractivity contribution in [2.24, 2.45) is 28.6 Å². The molecule has 258 valence electrons. The van der Waals surface area contributed by atoms with E-state index in [1.807, 2.05) is 13.8 Å². The van der Waals surface area contributed by atoms with E-state index in [9.17, 15) is 29.7 Å². The highest BCUT2D eigenvalue weighted by Crippen LogP contribution is 2.68. The number of aliphatic hydroxyl groups is 3. The molecule has 0 aromatic rings. The minimum atomic E-state index is -1.67. The van der Waals surface area contributed by atoms with Crippen molar-refractivity contribution in [2.75, 3.05) is 6.61 Å². The van der Waals surface area contributed by atoms with Crippen LogP contribution >= 0.6 is 0 Å². The van der Waals surface area contributed by atoms with E-state index in [1.54, 1.807) is 6.08 Å². The lowest BCUT2D eigenvalue weighted by Gasteiger charge is -2.60. The molecular formula is C39H60O7. The van der Waals surface area contributed by atoms with Gasteiger partial charge in [0.25, 0.3) is 0 Å². The van der Waals surface area contributed by atoms with E-state index in [0.29, 0.717) is 18.6 Å². The van der Waals surface area contributed by atoms with Crippen molar-refractivity contribution in [3.8, 4) is 0 Å². The minimum absolute atomic E-state index is 0.0304. The summed E-state index contributed by atoms with van der Waals surface area (Å²) in [6.45, 7) is 5.38. The fraction of sp³-hybridized carbons (Fsp3) is 0.769. The minimum Gasteiger partial charge on any atom is -0.430 e. The summed E-state index contributed by atoms with van der Waals surface area (Å²) in [6, 6.07) is 0. The van der Waals surface area contributed by atoms with Crippen LogP contribution in [-0.4, -0.2) is 51.2 Å². The molecule has 4 aliphatic carbocycles. The molecule has 0 heterocycles. The topological polar surface area (TPSA) is 121 Å². The first kappa shape index (κ1) is 36.7. The van der Waals surface area contributed by atoms with Crippen LogP contribution in [0.4, 0.5) is 0 Å². The summed E-state index contributed by atoms with van der Waals surface area (Å²) in [4.78, 5) is 38.5. The van der Waals surface area contributed by atoms with E-state index in [0.717, 1.165) is 50.5 Å². The van der Waals surface area contributed by atoms with Crippen LogP contribution in [0.3, 0.4) is 0 Å². The van der Waals surface area contributed by atoms with Crippen LogP contribution in [0.25, 0.3) is 0 Å². The molecule has 0 aromatic heterocycles. The number of carbonyl (C=O) groups is 3. The predicted octanol–water partition coefficient (Wildman–Crippen LogP) is 7.47. The van der Waals surface area contributed by atoms with E-state index in [2.05, 4.69) is 19.1 Å². The Hall–Kier alpha value is -2.09. The molecule has 0 saturated heterocycles. The van der Waals surface area contributed by atoms with Gasteiger partial charge in [-0.3, -0.25) is 14.4 Å². The van der Waals surface area contributed by atoms with Crippen molar-refractivity contribution in [2.45, 2.75) is 154 Å².